The Labute approximate surface area is 149 Å². The highest BCUT2D eigenvalue weighted by molar-refractivity contribution is 5.96. The highest BCUT2D eigenvalue weighted by Crippen LogP contribution is 2.40. The summed E-state index contributed by atoms with van der Waals surface area (Å²) in [6.45, 7) is 7.69. The summed E-state index contributed by atoms with van der Waals surface area (Å²) in [6, 6.07) is 0. The van der Waals surface area contributed by atoms with Crippen molar-refractivity contribution >= 4 is 11.7 Å². The number of ether oxygens (including phenoxy) is 1. The van der Waals surface area contributed by atoms with E-state index in [9.17, 15) is 4.79 Å². The van der Waals surface area contributed by atoms with Gasteiger partial charge in [-0.2, -0.15) is 0 Å². The van der Waals surface area contributed by atoms with Gasteiger partial charge in [0.05, 0.1) is 6.10 Å². The zero-order valence-corrected chi connectivity index (χ0v) is 15.3. The summed E-state index contributed by atoms with van der Waals surface area (Å²) in [4.78, 5) is 24.2. The van der Waals surface area contributed by atoms with Crippen LogP contribution in [0.3, 0.4) is 0 Å². The molecule has 4 rings (SSSR count). The van der Waals surface area contributed by atoms with Crippen LogP contribution in [-0.4, -0.2) is 48.2 Å². The number of rotatable bonds is 5. The summed E-state index contributed by atoms with van der Waals surface area (Å²) >= 11 is 0. The zero-order chi connectivity index (χ0) is 17.4. The van der Waals surface area contributed by atoms with Gasteiger partial charge in [0.1, 0.15) is 17.3 Å². The van der Waals surface area contributed by atoms with Crippen LogP contribution >= 0.6 is 0 Å². The van der Waals surface area contributed by atoms with Crippen LogP contribution in [0.1, 0.15) is 67.3 Å². The second kappa shape index (κ2) is 6.90. The monoisotopic (exact) mass is 344 g/mol. The molecule has 1 N–H and O–H groups in total. The van der Waals surface area contributed by atoms with E-state index in [1.165, 1.54) is 0 Å². The van der Waals surface area contributed by atoms with E-state index in [1.807, 2.05) is 0 Å². The number of piperidine rings is 1. The largest absolute Gasteiger partial charge is 0.379 e. The van der Waals surface area contributed by atoms with E-state index in [2.05, 4.69) is 29.0 Å². The van der Waals surface area contributed by atoms with Crippen molar-refractivity contribution in [2.45, 2.75) is 58.0 Å². The molecule has 0 atom stereocenters. The van der Waals surface area contributed by atoms with E-state index >= 15 is 0 Å². The van der Waals surface area contributed by atoms with Crippen molar-refractivity contribution in [2.24, 2.45) is 5.92 Å². The molecule has 1 saturated carbocycles. The molecule has 0 unspecified atom stereocenters. The van der Waals surface area contributed by atoms with E-state index in [1.54, 1.807) is 0 Å². The second-order valence-electron chi connectivity index (χ2n) is 7.83. The fraction of sp³-hybridized carbons (Fsp3) is 0.737. The Hall–Kier alpha value is -1.69. The molecular weight excluding hydrogens is 316 g/mol. The summed E-state index contributed by atoms with van der Waals surface area (Å²) in [5.41, 5.74) is 1.66. The molecule has 0 aromatic carbocycles. The van der Waals surface area contributed by atoms with Crippen molar-refractivity contribution < 1.29 is 9.53 Å². The maximum Gasteiger partial charge on any atom is 0.270 e. The number of nitrogens with zero attached hydrogens (tertiary/aromatic N) is 3. The molecule has 0 radical (unpaired) electrons. The number of aromatic nitrogens is 2. The van der Waals surface area contributed by atoms with Gasteiger partial charge in [-0.3, -0.25) is 4.79 Å². The Bertz CT molecular complexity index is 649. The number of anilines is 1. The Morgan fingerprint density at radius 1 is 1.20 bits per heavy atom. The molecular formula is C19H28N4O2. The maximum absolute atomic E-state index is 12.3. The van der Waals surface area contributed by atoms with E-state index in [-0.39, 0.29) is 5.91 Å². The Kier molecular flexibility index (Phi) is 4.63. The van der Waals surface area contributed by atoms with E-state index in [0.717, 1.165) is 69.0 Å². The normalized spacial score (nSPS) is 21.4. The van der Waals surface area contributed by atoms with Gasteiger partial charge in [0.25, 0.3) is 5.91 Å². The van der Waals surface area contributed by atoms with Crippen molar-refractivity contribution in [1.29, 1.82) is 0 Å². The van der Waals surface area contributed by atoms with Gasteiger partial charge < -0.3 is 15.0 Å². The average molecular weight is 344 g/mol. The summed E-state index contributed by atoms with van der Waals surface area (Å²) in [6.07, 6.45) is 5.67. The number of hydrogen-bond acceptors (Lipinski definition) is 5. The summed E-state index contributed by atoms with van der Waals surface area (Å²) in [7, 11) is 0. The van der Waals surface area contributed by atoms with Crippen LogP contribution in [-0.2, 0) is 11.2 Å². The minimum atomic E-state index is -0.0352. The topological polar surface area (TPSA) is 67.3 Å². The fourth-order valence-electron chi connectivity index (χ4n) is 3.72. The number of amides is 1. The Morgan fingerprint density at radius 2 is 1.96 bits per heavy atom. The SMILES string of the molecule is CC(C)OCC1CCN(c2nc(C3CC3)nc3c2CCNC3=O)CC1. The average Bonchev–Trinajstić information content (AvgIpc) is 3.45. The lowest BCUT2D eigenvalue weighted by Gasteiger charge is -2.35. The van der Waals surface area contributed by atoms with Crippen LogP contribution in [0.2, 0.25) is 0 Å². The highest BCUT2D eigenvalue weighted by atomic mass is 16.5. The first kappa shape index (κ1) is 16.8. The Balaban J connectivity index is 1.53. The minimum Gasteiger partial charge on any atom is -0.379 e. The molecule has 2 aliphatic heterocycles. The van der Waals surface area contributed by atoms with Crippen LogP contribution in [0, 0.1) is 5.92 Å². The van der Waals surface area contributed by atoms with Gasteiger partial charge in [-0.15, -0.1) is 0 Å². The molecule has 3 aliphatic rings. The lowest BCUT2D eigenvalue weighted by Crippen LogP contribution is -2.39. The number of hydrogen-bond donors (Lipinski definition) is 1. The molecule has 25 heavy (non-hydrogen) atoms. The molecule has 0 spiro atoms. The molecule has 6 heteroatoms. The first-order valence-electron chi connectivity index (χ1n) is 9.67. The molecule has 6 nitrogen and oxygen atoms in total. The molecule has 1 saturated heterocycles. The lowest BCUT2D eigenvalue weighted by atomic mass is 9.96. The minimum absolute atomic E-state index is 0.0352. The predicted octanol–water partition coefficient (Wildman–Crippen LogP) is 2.28. The number of nitrogens with one attached hydrogen (secondary N) is 1. The number of carbonyl (C=O) groups excluding carboxylic acids is 1. The predicted molar refractivity (Wildman–Crippen MR) is 96.1 cm³/mol. The van der Waals surface area contributed by atoms with Crippen LogP contribution in [0.4, 0.5) is 5.82 Å². The van der Waals surface area contributed by atoms with Crippen LogP contribution in [0.5, 0.6) is 0 Å². The molecule has 1 aromatic heterocycles. The van der Waals surface area contributed by atoms with Gasteiger partial charge in [-0.1, -0.05) is 0 Å². The third-order valence-electron chi connectivity index (χ3n) is 5.40. The maximum atomic E-state index is 12.3. The van der Waals surface area contributed by atoms with Crippen LogP contribution in [0.25, 0.3) is 0 Å². The molecule has 1 aliphatic carbocycles. The van der Waals surface area contributed by atoms with Gasteiger partial charge in [0.15, 0.2) is 0 Å². The molecule has 136 valence electrons. The molecule has 1 aromatic rings. The molecule has 3 heterocycles. The van der Waals surface area contributed by atoms with Gasteiger partial charge in [-0.05, 0) is 51.9 Å². The van der Waals surface area contributed by atoms with E-state index < -0.39 is 0 Å². The van der Waals surface area contributed by atoms with Gasteiger partial charge >= 0.3 is 0 Å². The third kappa shape index (κ3) is 3.64. The van der Waals surface area contributed by atoms with Gasteiger partial charge in [0, 0.05) is 37.7 Å². The number of carbonyl (C=O) groups is 1. The highest BCUT2D eigenvalue weighted by Gasteiger charge is 2.33. The summed E-state index contributed by atoms with van der Waals surface area (Å²) in [5.74, 6) is 2.94. The number of fused-ring (bicyclic) bond motifs is 1. The van der Waals surface area contributed by atoms with Crippen molar-refractivity contribution in [3.63, 3.8) is 0 Å². The lowest BCUT2D eigenvalue weighted by molar-refractivity contribution is 0.0448. The summed E-state index contributed by atoms with van der Waals surface area (Å²) in [5, 5.41) is 2.92. The van der Waals surface area contributed by atoms with Crippen molar-refractivity contribution in [1.82, 2.24) is 15.3 Å². The van der Waals surface area contributed by atoms with E-state index in [4.69, 9.17) is 9.72 Å². The van der Waals surface area contributed by atoms with Gasteiger partial charge in [-0.25, -0.2) is 9.97 Å². The van der Waals surface area contributed by atoms with Crippen molar-refractivity contribution in [3.8, 4) is 0 Å². The van der Waals surface area contributed by atoms with Gasteiger partial charge in [0.2, 0.25) is 0 Å². The zero-order valence-electron chi connectivity index (χ0n) is 15.3. The second-order valence-corrected chi connectivity index (χ2v) is 7.83. The van der Waals surface area contributed by atoms with Crippen molar-refractivity contribution in [3.05, 3.63) is 17.1 Å². The molecule has 2 fully saturated rings. The van der Waals surface area contributed by atoms with Crippen LogP contribution < -0.4 is 10.2 Å². The van der Waals surface area contributed by atoms with Crippen molar-refractivity contribution in [2.75, 3.05) is 31.1 Å². The van der Waals surface area contributed by atoms with E-state index in [0.29, 0.717) is 30.2 Å². The quantitative estimate of drug-likeness (QED) is 0.888. The fourth-order valence-corrected chi connectivity index (χ4v) is 3.72. The molecule has 0 bridgehead atoms. The third-order valence-corrected chi connectivity index (χ3v) is 5.40. The smallest absolute Gasteiger partial charge is 0.270 e. The Morgan fingerprint density at radius 3 is 2.64 bits per heavy atom. The molecule has 1 amide bonds. The first-order valence-corrected chi connectivity index (χ1v) is 9.67. The summed E-state index contributed by atoms with van der Waals surface area (Å²) < 4.78 is 5.79. The first-order chi connectivity index (χ1) is 12.1. The van der Waals surface area contributed by atoms with Crippen LogP contribution in [0.15, 0.2) is 0 Å². The standard InChI is InChI=1S/C19H28N4O2/c1-12(2)25-11-13-6-9-23(10-7-13)18-15-5-8-20-19(24)16(15)21-17(22-18)14-3-4-14/h12-14H,3-11H2,1-2H3,(H,20,24).